The SMILES string of the molecule is O=c1ncn(CC(=NOCc2ccccc2)c2ccc(Cl)cc2Cl)[nH]1. The molecule has 25 heavy (non-hydrogen) atoms. The quantitative estimate of drug-likeness (QED) is 0.528. The fraction of sp³-hybridized carbons (Fsp3) is 0.118. The Morgan fingerprint density at radius 2 is 2.00 bits per heavy atom. The van der Waals surface area contributed by atoms with Crippen LogP contribution in [0.3, 0.4) is 0 Å². The third-order valence-corrected chi connectivity index (χ3v) is 3.91. The molecule has 1 N–H and O–H groups in total. The van der Waals surface area contributed by atoms with Gasteiger partial charge in [0.15, 0.2) is 0 Å². The van der Waals surface area contributed by atoms with Crippen molar-refractivity contribution in [1.29, 1.82) is 0 Å². The van der Waals surface area contributed by atoms with Gasteiger partial charge in [-0.15, -0.1) is 0 Å². The Morgan fingerprint density at radius 1 is 1.20 bits per heavy atom. The summed E-state index contributed by atoms with van der Waals surface area (Å²) >= 11 is 12.2. The highest BCUT2D eigenvalue weighted by atomic mass is 35.5. The van der Waals surface area contributed by atoms with Gasteiger partial charge in [-0.1, -0.05) is 58.7 Å². The lowest BCUT2D eigenvalue weighted by Crippen LogP contribution is -2.15. The number of halogens is 2. The van der Waals surface area contributed by atoms with Crippen LogP contribution >= 0.6 is 23.2 Å². The molecule has 8 heteroatoms. The number of hydrogen-bond acceptors (Lipinski definition) is 4. The molecule has 0 saturated carbocycles. The van der Waals surface area contributed by atoms with Gasteiger partial charge in [-0.3, -0.25) is 4.68 Å². The number of oxime groups is 1. The Kier molecular flexibility index (Phi) is 5.53. The Bertz CT molecular complexity index is 935. The normalized spacial score (nSPS) is 11.5. The zero-order valence-electron chi connectivity index (χ0n) is 13.0. The van der Waals surface area contributed by atoms with E-state index in [-0.39, 0.29) is 6.54 Å². The van der Waals surface area contributed by atoms with E-state index in [2.05, 4.69) is 15.2 Å². The molecular weight excluding hydrogens is 363 g/mol. The highest BCUT2D eigenvalue weighted by molar-refractivity contribution is 6.37. The van der Waals surface area contributed by atoms with E-state index in [0.29, 0.717) is 27.9 Å². The molecule has 1 aromatic heterocycles. The maximum Gasteiger partial charge on any atom is 0.361 e. The summed E-state index contributed by atoms with van der Waals surface area (Å²) in [7, 11) is 0. The molecule has 0 spiro atoms. The lowest BCUT2D eigenvalue weighted by atomic mass is 10.1. The van der Waals surface area contributed by atoms with Gasteiger partial charge in [-0.2, -0.15) is 4.98 Å². The third kappa shape index (κ3) is 4.71. The summed E-state index contributed by atoms with van der Waals surface area (Å²) < 4.78 is 1.50. The van der Waals surface area contributed by atoms with Crippen LogP contribution in [0, 0.1) is 0 Å². The van der Waals surface area contributed by atoms with Crippen LogP contribution in [0.5, 0.6) is 0 Å². The van der Waals surface area contributed by atoms with E-state index in [1.165, 1.54) is 11.0 Å². The molecule has 3 aromatic rings. The number of nitrogens with one attached hydrogen (secondary N) is 1. The van der Waals surface area contributed by atoms with Crippen LogP contribution in [-0.2, 0) is 18.0 Å². The number of aromatic nitrogens is 3. The van der Waals surface area contributed by atoms with Crippen molar-refractivity contribution in [2.75, 3.05) is 0 Å². The van der Waals surface area contributed by atoms with Gasteiger partial charge in [-0.05, 0) is 23.8 Å². The molecule has 0 bridgehead atoms. The Labute approximate surface area is 153 Å². The summed E-state index contributed by atoms with van der Waals surface area (Å²) in [6, 6.07) is 14.8. The summed E-state index contributed by atoms with van der Waals surface area (Å²) in [4.78, 5) is 20.3. The van der Waals surface area contributed by atoms with Gasteiger partial charge < -0.3 is 4.84 Å². The summed E-state index contributed by atoms with van der Waals surface area (Å²) in [6.07, 6.45) is 1.39. The van der Waals surface area contributed by atoms with Gasteiger partial charge in [0.25, 0.3) is 0 Å². The van der Waals surface area contributed by atoms with Crippen LogP contribution in [0.25, 0.3) is 0 Å². The van der Waals surface area contributed by atoms with Crippen LogP contribution in [0.1, 0.15) is 11.1 Å². The molecule has 3 rings (SSSR count). The monoisotopic (exact) mass is 376 g/mol. The fourth-order valence-corrected chi connectivity index (χ4v) is 2.71. The Hall–Kier alpha value is -2.57. The predicted molar refractivity (Wildman–Crippen MR) is 97.1 cm³/mol. The molecule has 0 saturated heterocycles. The highest BCUT2D eigenvalue weighted by Crippen LogP contribution is 2.22. The molecule has 0 amide bonds. The molecule has 128 valence electrons. The number of nitrogens with zero attached hydrogens (tertiary/aromatic N) is 3. The minimum Gasteiger partial charge on any atom is -0.391 e. The van der Waals surface area contributed by atoms with E-state index < -0.39 is 5.69 Å². The van der Waals surface area contributed by atoms with Crippen molar-refractivity contribution in [2.24, 2.45) is 5.16 Å². The summed E-state index contributed by atoms with van der Waals surface area (Å²) in [5.74, 6) is 0. The van der Waals surface area contributed by atoms with Crippen molar-refractivity contribution in [3.05, 3.63) is 86.5 Å². The molecule has 0 radical (unpaired) electrons. The fourth-order valence-electron chi connectivity index (χ4n) is 2.19. The second kappa shape index (κ2) is 8.00. The van der Waals surface area contributed by atoms with E-state index in [1.54, 1.807) is 18.2 Å². The van der Waals surface area contributed by atoms with Crippen molar-refractivity contribution in [3.63, 3.8) is 0 Å². The van der Waals surface area contributed by atoms with Crippen LogP contribution in [0.15, 0.2) is 64.8 Å². The van der Waals surface area contributed by atoms with E-state index in [1.807, 2.05) is 30.3 Å². The standard InChI is InChI=1S/C17H14Cl2N4O2/c18-13-6-7-14(15(19)8-13)16(9-23-11-20-17(24)21-23)22-25-10-12-4-2-1-3-5-12/h1-8,11H,9-10H2,(H,21,24). The lowest BCUT2D eigenvalue weighted by molar-refractivity contribution is 0.130. The van der Waals surface area contributed by atoms with Crippen LogP contribution in [0.2, 0.25) is 10.0 Å². The van der Waals surface area contributed by atoms with Gasteiger partial charge >= 0.3 is 5.69 Å². The van der Waals surface area contributed by atoms with Crippen molar-refractivity contribution in [1.82, 2.24) is 14.8 Å². The van der Waals surface area contributed by atoms with E-state index in [9.17, 15) is 4.79 Å². The summed E-state index contributed by atoms with van der Waals surface area (Å²) in [5, 5.41) is 7.73. The number of hydrogen-bond donors (Lipinski definition) is 1. The van der Waals surface area contributed by atoms with Crippen LogP contribution < -0.4 is 5.69 Å². The number of aromatic amines is 1. The second-order valence-corrected chi connectivity index (χ2v) is 6.05. The van der Waals surface area contributed by atoms with Crippen molar-refractivity contribution < 1.29 is 4.84 Å². The van der Waals surface area contributed by atoms with Crippen LogP contribution in [0.4, 0.5) is 0 Å². The van der Waals surface area contributed by atoms with E-state index >= 15 is 0 Å². The summed E-state index contributed by atoms with van der Waals surface area (Å²) in [6.45, 7) is 0.557. The predicted octanol–water partition coefficient (Wildman–Crippen LogP) is 3.50. The second-order valence-electron chi connectivity index (χ2n) is 5.21. The van der Waals surface area contributed by atoms with Gasteiger partial charge in [0.05, 0.1) is 11.6 Å². The average Bonchev–Trinajstić information content (AvgIpc) is 3.00. The largest absolute Gasteiger partial charge is 0.391 e. The van der Waals surface area contributed by atoms with Crippen molar-refractivity contribution in [2.45, 2.75) is 13.2 Å². The molecule has 6 nitrogen and oxygen atoms in total. The van der Waals surface area contributed by atoms with E-state index in [4.69, 9.17) is 28.0 Å². The zero-order valence-corrected chi connectivity index (χ0v) is 14.5. The van der Waals surface area contributed by atoms with Crippen molar-refractivity contribution in [3.8, 4) is 0 Å². The first-order valence-electron chi connectivity index (χ1n) is 7.41. The first-order valence-corrected chi connectivity index (χ1v) is 8.17. The zero-order chi connectivity index (χ0) is 17.6. The molecule has 2 aromatic carbocycles. The average molecular weight is 377 g/mol. The van der Waals surface area contributed by atoms with E-state index in [0.717, 1.165) is 5.56 Å². The number of benzene rings is 2. The van der Waals surface area contributed by atoms with Crippen molar-refractivity contribution >= 4 is 28.9 Å². The van der Waals surface area contributed by atoms with Gasteiger partial charge in [0, 0.05) is 10.6 Å². The van der Waals surface area contributed by atoms with Crippen LogP contribution in [-0.4, -0.2) is 20.5 Å². The first-order chi connectivity index (χ1) is 12.1. The Morgan fingerprint density at radius 3 is 2.68 bits per heavy atom. The van der Waals surface area contributed by atoms with Gasteiger partial charge in [0.1, 0.15) is 18.6 Å². The van der Waals surface area contributed by atoms with Gasteiger partial charge in [0.2, 0.25) is 0 Å². The molecule has 0 aliphatic carbocycles. The highest BCUT2D eigenvalue weighted by Gasteiger charge is 2.12. The molecule has 0 aliphatic rings. The Balaban J connectivity index is 1.85. The topological polar surface area (TPSA) is 72.3 Å². The maximum atomic E-state index is 11.2. The molecule has 1 heterocycles. The number of H-pyrrole nitrogens is 1. The molecule has 0 aliphatic heterocycles. The minimum atomic E-state index is -0.438. The minimum absolute atomic E-state index is 0.241. The lowest BCUT2D eigenvalue weighted by Gasteiger charge is -2.10. The molecule has 0 unspecified atom stereocenters. The van der Waals surface area contributed by atoms with Gasteiger partial charge in [-0.25, -0.2) is 9.89 Å². The summed E-state index contributed by atoms with van der Waals surface area (Å²) in [5.41, 5.74) is 1.75. The first kappa shape index (κ1) is 17.3. The molecule has 0 atom stereocenters. The maximum absolute atomic E-state index is 11.2. The number of rotatable bonds is 6. The molecule has 0 fully saturated rings. The smallest absolute Gasteiger partial charge is 0.361 e. The third-order valence-electron chi connectivity index (χ3n) is 3.36. The molecular formula is C17H14Cl2N4O2.